The molecule has 0 aliphatic carbocycles. The van der Waals surface area contributed by atoms with Crippen LogP contribution in [0.15, 0.2) is 22.7 Å². The number of hydrogen-bond acceptors (Lipinski definition) is 6. The van der Waals surface area contributed by atoms with E-state index in [0.29, 0.717) is 11.4 Å². The Bertz CT molecular complexity index is 530. The molecule has 2 aromatic rings. The molecule has 2 aromatic heterocycles. The molecule has 0 bridgehead atoms. The van der Waals surface area contributed by atoms with Crippen LogP contribution in [-0.4, -0.2) is 14.3 Å². The van der Waals surface area contributed by atoms with Gasteiger partial charge in [0.2, 0.25) is 0 Å². The minimum atomic E-state index is 0.483. The minimum Gasteiger partial charge on any atom is -0.245 e. The second-order valence-corrected chi connectivity index (χ2v) is 4.99. The summed E-state index contributed by atoms with van der Waals surface area (Å²) in [5, 5.41) is 8.87. The zero-order valence-corrected chi connectivity index (χ0v) is 10.2. The number of pyridine rings is 1. The first-order valence-electron chi connectivity index (χ1n) is 4.56. The van der Waals surface area contributed by atoms with Gasteiger partial charge in [-0.2, -0.15) is 9.64 Å². The topological polar surface area (TPSA) is 62.5 Å². The van der Waals surface area contributed by atoms with E-state index in [9.17, 15) is 0 Å². The second-order valence-electron chi connectivity index (χ2n) is 3.02. The molecule has 0 spiro atoms. The molecule has 16 heavy (non-hydrogen) atoms. The molecule has 0 saturated heterocycles. The highest BCUT2D eigenvalue weighted by molar-refractivity contribution is 8.00. The predicted octanol–water partition coefficient (Wildman–Crippen LogP) is 2.41. The van der Waals surface area contributed by atoms with Gasteiger partial charge in [-0.1, -0.05) is 17.8 Å². The first-order chi connectivity index (χ1) is 7.79. The molecular formula is C10H8N4S2. The molecular weight excluding hydrogens is 240 g/mol. The molecule has 0 fully saturated rings. The molecule has 0 saturated carbocycles. The normalized spacial score (nSPS) is 10.0. The zero-order chi connectivity index (χ0) is 11.4. The summed E-state index contributed by atoms with van der Waals surface area (Å²) < 4.78 is 5.02. The van der Waals surface area contributed by atoms with Gasteiger partial charge in [0.1, 0.15) is 17.6 Å². The van der Waals surface area contributed by atoms with Gasteiger partial charge < -0.3 is 0 Å². The molecule has 0 radical (unpaired) electrons. The van der Waals surface area contributed by atoms with E-state index >= 15 is 0 Å². The highest BCUT2D eigenvalue weighted by Gasteiger charge is 2.05. The fourth-order valence-corrected chi connectivity index (χ4v) is 2.76. The Labute approximate surface area is 102 Å². The fourth-order valence-electron chi connectivity index (χ4n) is 1.13. The maximum atomic E-state index is 8.87. The number of aromatic nitrogens is 3. The third-order valence-electron chi connectivity index (χ3n) is 1.86. The van der Waals surface area contributed by atoms with Crippen LogP contribution in [0.2, 0.25) is 0 Å². The van der Waals surface area contributed by atoms with Gasteiger partial charge >= 0.3 is 0 Å². The van der Waals surface area contributed by atoms with Crippen molar-refractivity contribution in [3.05, 3.63) is 35.4 Å². The van der Waals surface area contributed by atoms with Crippen molar-refractivity contribution in [3.8, 4) is 6.07 Å². The van der Waals surface area contributed by atoms with E-state index in [0.717, 1.165) is 15.7 Å². The molecule has 80 valence electrons. The maximum absolute atomic E-state index is 8.87. The van der Waals surface area contributed by atoms with E-state index in [1.165, 1.54) is 11.5 Å². The summed E-state index contributed by atoms with van der Waals surface area (Å²) in [6.07, 6.45) is 1.63. The Morgan fingerprint density at radius 1 is 1.56 bits per heavy atom. The van der Waals surface area contributed by atoms with Gasteiger partial charge in [0.25, 0.3) is 0 Å². The van der Waals surface area contributed by atoms with Crippen molar-refractivity contribution in [2.45, 2.75) is 17.0 Å². The molecule has 0 aromatic carbocycles. The van der Waals surface area contributed by atoms with Gasteiger partial charge in [0, 0.05) is 11.9 Å². The van der Waals surface area contributed by atoms with Crippen LogP contribution in [0.25, 0.3) is 0 Å². The summed E-state index contributed by atoms with van der Waals surface area (Å²) in [5.74, 6) is 1.49. The molecule has 0 aliphatic rings. The van der Waals surface area contributed by atoms with Crippen LogP contribution in [0.3, 0.4) is 0 Å². The van der Waals surface area contributed by atoms with Crippen LogP contribution in [0.4, 0.5) is 0 Å². The van der Waals surface area contributed by atoms with Gasteiger partial charge in [-0.25, -0.2) is 9.97 Å². The summed E-state index contributed by atoms with van der Waals surface area (Å²) in [6, 6.07) is 5.82. The van der Waals surface area contributed by atoms with Gasteiger partial charge in [0.15, 0.2) is 4.34 Å². The zero-order valence-electron chi connectivity index (χ0n) is 8.54. The molecule has 0 unspecified atom stereocenters. The minimum absolute atomic E-state index is 0.483. The highest BCUT2D eigenvalue weighted by atomic mass is 32.2. The quantitative estimate of drug-likeness (QED) is 0.780. The van der Waals surface area contributed by atoms with E-state index in [1.807, 2.05) is 19.1 Å². The number of nitriles is 1. The van der Waals surface area contributed by atoms with Crippen molar-refractivity contribution in [2.75, 3.05) is 0 Å². The van der Waals surface area contributed by atoms with Crippen LogP contribution in [-0.2, 0) is 5.75 Å². The SMILES string of the molecule is Cc1nsc(SCc2cccnc2C#N)n1. The third kappa shape index (κ3) is 2.56. The van der Waals surface area contributed by atoms with E-state index in [2.05, 4.69) is 20.4 Å². The Morgan fingerprint density at radius 2 is 2.44 bits per heavy atom. The molecule has 0 N–H and O–H groups in total. The standard InChI is InChI=1S/C10H8N4S2/c1-7-13-10(16-14-7)15-6-8-3-2-4-12-9(8)5-11/h2-4H,6H2,1H3. The Balaban J connectivity index is 2.08. The van der Waals surface area contributed by atoms with Gasteiger partial charge in [0.05, 0.1) is 0 Å². The number of hydrogen-bond donors (Lipinski definition) is 0. The summed E-state index contributed by atoms with van der Waals surface area (Å²) in [6.45, 7) is 1.87. The number of thioether (sulfide) groups is 1. The van der Waals surface area contributed by atoms with Crippen LogP contribution in [0, 0.1) is 18.3 Å². The number of aryl methyl sites for hydroxylation is 1. The third-order valence-corrected chi connectivity index (χ3v) is 3.83. The van der Waals surface area contributed by atoms with Crippen LogP contribution < -0.4 is 0 Å². The number of nitrogens with zero attached hydrogens (tertiary/aromatic N) is 4. The van der Waals surface area contributed by atoms with Crippen LogP contribution in [0.5, 0.6) is 0 Å². The number of rotatable bonds is 3. The van der Waals surface area contributed by atoms with Crippen molar-refractivity contribution in [3.63, 3.8) is 0 Å². The van der Waals surface area contributed by atoms with Crippen molar-refractivity contribution < 1.29 is 0 Å². The Kier molecular flexibility index (Phi) is 3.49. The van der Waals surface area contributed by atoms with Gasteiger partial charge in [-0.3, -0.25) is 0 Å². The lowest BCUT2D eigenvalue weighted by Gasteiger charge is -1.99. The lowest BCUT2D eigenvalue weighted by molar-refractivity contribution is 1.10. The van der Waals surface area contributed by atoms with Crippen molar-refractivity contribution in [1.82, 2.24) is 14.3 Å². The van der Waals surface area contributed by atoms with E-state index < -0.39 is 0 Å². The van der Waals surface area contributed by atoms with E-state index in [4.69, 9.17) is 5.26 Å². The predicted molar refractivity (Wildman–Crippen MR) is 63.2 cm³/mol. The first-order valence-corrected chi connectivity index (χ1v) is 6.32. The van der Waals surface area contributed by atoms with Gasteiger partial charge in [-0.15, -0.1) is 0 Å². The summed E-state index contributed by atoms with van der Waals surface area (Å²) in [4.78, 5) is 8.26. The average molecular weight is 248 g/mol. The monoisotopic (exact) mass is 248 g/mol. The molecule has 6 heteroatoms. The average Bonchev–Trinajstić information content (AvgIpc) is 2.73. The fraction of sp³-hybridized carbons (Fsp3) is 0.200. The molecule has 4 nitrogen and oxygen atoms in total. The largest absolute Gasteiger partial charge is 0.245 e. The summed E-state index contributed by atoms with van der Waals surface area (Å²) in [5.41, 5.74) is 1.42. The molecule has 2 rings (SSSR count). The van der Waals surface area contributed by atoms with E-state index in [1.54, 1.807) is 18.0 Å². The summed E-state index contributed by atoms with van der Waals surface area (Å²) >= 11 is 2.96. The second kappa shape index (κ2) is 5.05. The lowest BCUT2D eigenvalue weighted by Crippen LogP contribution is -1.90. The molecule has 0 amide bonds. The Hall–Kier alpha value is -1.45. The van der Waals surface area contributed by atoms with Crippen molar-refractivity contribution >= 4 is 23.3 Å². The lowest BCUT2D eigenvalue weighted by atomic mass is 10.2. The Morgan fingerprint density at radius 3 is 3.12 bits per heavy atom. The smallest absolute Gasteiger partial charge is 0.170 e. The van der Waals surface area contributed by atoms with E-state index in [-0.39, 0.29) is 0 Å². The highest BCUT2D eigenvalue weighted by Crippen LogP contribution is 2.24. The molecule has 0 aliphatic heterocycles. The first kappa shape index (κ1) is 11.0. The van der Waals surface area contributed by atoms with Crippen LogP contribution >= 0.6 is 23.3 Å². The van der Waals surface area contributed by atoms with Crippen molar-refractivity contribution in [1.29, 1.82) is 5.26 Å². The maximum Gasteiger partial charge on any atom is 0.170 e. The molecule has 2 heterocycles. The van der Waals surface area contributed by atoms with Crippen LogP contribution in [0.1, 0.15) is 17.1 Å². The van der Waals surface area contributed by atoms with Gasteiger partial charge in [-0.05, 0) is 30.1 Å². The van der Waals surface area contributed by atoms with Crippen molar-refractivity contribution in [2.24, 2.45) is 0 Å². The summed E-state index contributed by atoms with van der Waals surface area (Å²) in [7, 11) is 0. The molecule has 0 atom stereocenters.